The highest BCUT2D eigenvalue weighted by Crippen LogP contribution is 2.40. The number of fused-ring (bicyclic) bond motifs is 2. The Morgan fingerprint density at radius 2 is 2.54 bits per heavy atom. The third-order valence-electron chi connectivity index (χ3n) is 3.03. The number of ether oxygens (including phenoxy) is 1. The predicted molar refractivity (Wildman–Crippen MR) is 49.8 cm³/mol. The largest absolute Gasteiger partial charge is 0.383 e. The Morgan fingerprint density at radius 1 is 1.54 bits per heavy atom. The Kier molecular flexibility index (Phi) is 1.38. The lowest BCUT2D eigenvalue weighted by atomic mass is 9.85. The van der Waals surface area contributed by atoms with Gasteiger partial charge in [-0.25, -0.2) is 0 Å². The molecule has 1 spiro atoms. The molecule has 13 heavy (non-hydrogen) atoms. The summed E-state index contributed by atoms with van der Waals surface area (Å²) in [6, 6.07) is 4.07. The first-order chi connectivity index (χ1) is 6.41. The van der Waals surface area contributed by atoms with Crippen molar-refractivity contribution < 1.29 is 4.74 Å². The Morgan fingerprint density at radius 3 is 3.38 bits per heavy atom. The van der Waals surface area contributed by atoms with Crippen molar-refractivity contribution in [3.8, 4) is 0 Å². The smallest absolute Gasteiger partial charge is 0.0737 e. The van der Waals surface area contributed by atoms with Crippen LogP contribution in [0, 0.1) is 0 Å². The lowest BCUT2D eigenvalue weighted by molar-refractivity contribution is 0.180. The number of anilines is 1. The average Bonchev–Trinajstić information content (AvgIpc) is 2.78. The molecule has 0 bridgehead atoms. The van der Waals surface area contributed by atoms with Crippen LogP contribution in [0.4, 0.5) is 5.69 Å². The van der Waals surface area contributed by atoms with E-state index in [1.807, 2.05) is 12.3 Å². The summed E-state index contributed by atoms with van der Waals surface area (Å²) in [6.45, 7) is 2.68. The van der Waals surface area contributed by atoms with E-state index >= 15 is 0 Å². The Labute approximate surface area is 77.1 Å². The third kappa shape index (κ3) is 0.907. The van der Waals surface area contributed by atoms with Gasteiger partial charge in [-0.05, 0) is 18.6 Å². The van der Waals surface area contributed by atoms with Gasteiger partial charge in [0.1, 0.15) is 0 Å². The summed E-state index contributed by atoms with van der Waals surface area (Å²) in [5, 5.41) is 3.39. The molecular weight excluding hydrogens is 164 g/mol. The van der Waals surface area contributed by atoms with E-state index < -0.39 is 0 Å². The van der Waals surface area contributed by atoms with Crippen molar-refractivity contribution in [2.45, 2.75) is 11.8 Å². The fourth-order valence-electron chi connectivity index (χ4n) is 2.25. The summed E-state index contributed by atoms with van der Waals surface area (Å²) in [4.78, 5) is 4.45. The van der Waals surface area contributed by atoms with Gasteiger partial charge in [0.15, 0.2) is 0 Å². The van der Waals surface area contributed by atoms with Crippen LogP contribution in [-0.4, -0.2) is 24.7 Å². The molecule has 3 heterocycles. The second-order valence-electron chi connectivity index (χ2n) is 3.84. The van der Waals surface area contributed by atoms with E-state index in [-0.39, 0.29) is 5.41 Å². The highest BCUT2D eigenvalue weighted by molar-refractivity contribution is 5.57. The van der Waals surface area contributed by atoms with Crippen molar-refractivity contribution in [1.82, 2.24) is 4.98 Å². The normalized spacial score (nSPS) is 30.5. The molecule has 3 heteroatoms. The van der Waals surface area contributed by atoms with Crippen LogP contribution in [0.2, 0.25) is 0 Å². The van der Waals surface area contributed by atoms with Crippen molar-refractivity contribution in [2.24, 2.45) is 0 Å². The maximum Gasteiger partial charge on any atom is 0.0737 e. The van der Waals surface area contributed by atoms with E-state index in [2.05, 4.69) is 16.4 Å². The van der Waals surface area contributed by atoms with E-state index in [0.717, 1.165) is 26.2 Å². The van der Waals surface area contributed by atoms with E-state index in [1.54, 1.807) is 0 Å². The zero-order valence-corrected chi connectivity index (χ0v) is 7.42. The lowest BCUT2D eigenvalue weighted by Crippen LogP contribution is -2.29. The second-order valence-corrected chi connectivity index (χ2v) is 3.84. The van der Waals surface area contributed by atoms with Crippen molar-refractivity contribution in [1.29, 1.82) is 0 Å². The average molecular weight is 176 g/mol. The Hall–Kier alpha value is -1.09. The van der Waals surface area contributed by atoms with E-state index in [1.165, 1.54) is 11.4 Å². The number of hydrogen-bond donors (Lipinski definition) is 1. The van der Waals surface area contributed by atoms with Gasteiger partial charge in [-0.3, -0.25) is 4.98 Å². The van der Waals surface area contributed by atoms with Crippen molar-refractivity contribution in [3.05, 3.63) is 24.0 Å². The van der Waals surface area contributed by atoms with Crippen molar-refractivity contribution in [2.75, 3.05) is 25.1 Å². The van der Waals surface area contributed by atoms with Gasteiger partial charge in [0.05, 0.1) is 23.4 Å². The molecule has 3 nitrogen and oxygen atoms in total. The van der Waals surface area contributed by atoms with Gasteiger partial charge in [0, 0.05) is 19.3 Å². The molecule has 1 unspecified atom stereocenters. The van der Waals surface area contributed by atoms with Crippen LogP contribution in [0.5, 0.6) is 0 Å². The molecule has 1 atom stereocenters. The molecule has 1 N–H and O–H groups in total. The van der Waals surface area contributed by atoms with Gasteiger partial charge in [-0.2, -0.15) is 0 Å². The number of nitrogens with one attached hydrogen (secondary N) is 1. The zero-order chi connectivity index (χ0) is 8.73. The molecule has 0 aromatic carbocycles. The monoisotopic (exact) mass is 176 g/mol. The van der Waals surface area contributed by atoms with Crippen molar-refractivity contribution >= 4 is 5.69 Å². The van der Waals surface area contributed by atoms with Crippen LogP contribution >= 0.6 is 0 Å². The molecule has 1 aromatic rings. The van der Waals surface area contributed by atoms with Crippen molar-refractivity contribution in [3.63, 3.8) is 0 Å². The molecule has 2 aliphatic rings. The molecular formula is C10H12N2O. The van der Waals surface area contributed by atoms with Gasteiger partial charge in [-0.1, -0.05) is 0 Å². The number of pyridine rings is 1. The summed E-state index contributed by atoms with van der Waals surface area (Å²) in [7, 11) is 0. The zero-order valence-electron chi connectivity index (χ0n) is 7.42. The highest BCUT2D eigenvalue weighted by Gasteiger charge is 2.43. The lowest BCUT2D eigenvalue weighted by Gasteiger charge is -2.18. The maximum absolute atomic E-state index is 5.46. The SMILES string of the molecule is c1cnc2c(c1)NCC21CCOC1. The van der Waals surface area contributed by atoms with Crippen LogP contribution in [0.25, 0.3) is 0 Å². The van der Waals surface area contributed by atoms with E-state index in [4.69, 9.17) is 4.74 Å². The quantitative estimate of drug-likeness (QED) is 0.644. The minimum Gasteiger partial charge on any atom is -0.383 e. The summed E-state index contributed by atoms with van der Waals surface area (Å²) < 4.78 is 5.46. The molecule has 1 saturated heterocycles. The molecule has 2 aliphatic heterocycles. The predicted octanol–water partition coefficient (Wildman–Crippen LogP) is 1.17. The van der Waals surface area contributed by atoms with Crippen LogP contribution in [0.3, 0.4) is 0 Å². The fraction of sp³-hybridized carbons (Fsp3) is 0.500. The molecule has 1 aromatic heterocycles. The van der Waals surface area contributed by atoms with E-state index in [9.17, 15) is 0 Å². The first-order valence-corrected chi connectivity index (χ1v) is 4.68. The van der Waals surface area contributed by atoms with Crippen LogP contribution in [0.1, 0.15) is 12.1 Å². The number of rotatable bonds is 0. The van der Waals surface area contributed by atoms with Gasteiger partial charge >= 0.3 is 0 Å². The van der Waals surface area contributed by atoms with Gasteiger partial charge in [0.25, 0.3) is 0 Å². The first kappa shape index (κ1) is 7.33. The number of nitrogens with zero attached hydrogens (tertiary/aromatic N) is 1. The molecule has 1 fully saturated rings. The second kappa shape index (κ2) is 2.45. The molecule has 0 radical (unpaired) electrons. The topological polar surface area (TPSA) is 34.2 Å². The van der Waals surface area contributed by atoms with Gasteiger partial charge in [0.2, 0.25) is 0 Å². The summed E-state index contributed by atoms with van der Waals surface area (Å²) in [5.74, 6) is 0. The van der Waals surface area contributed by atoms with Gasteiger partial charge < -0.3 is 10.1 Å². The molecule has 0 amide bonds. The standard InChI is InChI=1S/C10H12N2O/c1-2-8-9(11-4-1)10(6-12-8)3-5-13-7-10/h1-2,4,12H,3,5-7H2. The molecule has 0 aliphatic carbocycles. The maximum atomic E-state index is 5.46. The highest BCUT2D eigenvalue weighted by atomic mass is 16.5. The number of hydrogen-bond acceptors (Lipinski definition) is 3. The molecule has 3 rings (SSSR count). The summed E-state index contributed by atoms with van der Waals surface area (Å²) in [5.41, 5.74) is 2.57. The molecule has 0 saturated carbocycles. The minimum atomic E-state index is 0.177. The fourth-order valence-corrected chi connectivity index (χ4v) is 2.25. The van der Waals surface area contributed by atoms with Gasteiger partial charge in [-0.15, -0.1) is 0 Å². The number of aromatic nitrogens is 1. The summed E-state index contributed by atoms with van der Waals surface area (Å²) in [6.07, 6.45) is 2.97. The first-order valence-electron chi connectivity index (χ1n) is 4.68. The van der Waals surface area contributed by atoms with Crippen LogP contribution in [-0.2, 0) is 10.2 Å². The van der Waals surface area contributed by atoms with E-state index in [0.29, 0.717) is 0 Å². The van der Waals surface area contributed by atoms with Crippen LogP contribution in [0.15, 0.2) is 18.3 Å². The molecule has 68 valence electrons. The Bertz CT molecular complexity index is 331. The third-order valence-corrected chi connectivity index (χ3v) is 3.03. The minimum absolute atomic E-state index is 0.177. The van der Waals surface area contributed by atoms with Crippen LogP contribution < -0.4 is 5.32 Å². The summed E-state index contributed by atoms with van der Waals surface area (Å²) >= 11 is 0. The Balaban J connectivity index is 2.11.